The van der Waals surface area contributed by atoms with E-state index < -0.39 is 11.9 Å². The van der Waals surface area contributed by atoms with Crippen LogP contribution in [0.25, 0.3) is 0 Å². The van der Waals surface area contributed by atoms with Crippen LogP contribution in [0.15, 0.2) is 48.5 Å². The largest absolute Gasteiger partial charge is 0.456 e. The molecule has 0 atom stereocenters. The Hall–Kier alpha value is -3.06. The van der Waals surface area contributed by atoms with Crippen molar-refractivity contribution >= 4 is 40.8 Å². The van der Waals surface area contributed by atoms with Gasteiger partial charge in [-0.15, -0.1) is 0 Å². The number of nitrogens with zero attached hydrogens (tertiary/aromatic N) is 1. The molecule has 0 unspecified atom stereocenters. The zero-order valence-corrected chi connectivity index (χ0v) is 16.5. The van der Waals surface area contributed by atoms with E-state index in [1.807, 2.05) is 31.1 Å². The van der Waals surface area contributed by atoms with Crippen LogP contribution in [0.3, 0.4) is 0 Å². The summed E-state index contributed by atoms with van der Waals surface area (Å²) in [6, 6.07) is 13.7. The van der Waals surface area contributed by atoms with E-state index >= 15 is 0 Å². The Labute approximate surface area is 168 Å². The van der Waals surface area contributed by atoms with Crippen LogP contribution in [0.5, 0.6) is 0 Å². The summed E-state index contributed by atoms with van der Waals surface area (Å²) in [7, 11) is 3.84. The van der Waals surface area contributed by atoms with Crippen LogP contribution in [0.1, 0.15) is 16.8 Å². The van der Waals surface area contributed by atoms with Crippen molar-refractivity contribution in [2.24, 2.45) is 0 Å². The van der Waals surface area contributed by atoms with Crippen LogP contribution in [0, 0.1) is 0 Å². The van der Waals surface area contributed by atoms with Gasteiger partial charge in [-0.3, -0.25) is 14.4 Å². The smallest absolute Gasteiger partial charge is 0.308 e. The summed E-state index contributed by atoms with van der Waals surface area (Å²) in [5, 5.41) is 5.79. The van der Waals surface area contributed by atoms with Crippen LogP contribution in [-0.4, -0.2) is 45.0 Å². The lowest BCUT2D eigenvalue weighted by molar-refractivity contribution is -0.147. The first kappa shape index (κ1) is 21.2. The Kier molecular flexibility index (Phi) is 7.83. The molecule has 0 spiro atoms. The van der Waals surface area contributed by atoms with Gasteiger partial charge in [0.15, 0.2) is 6.61 Å². The third kappa shape index (κ3) is 6.92. The second kappa shape index (κ2) is 10.3. The van der Waals surface area contributed by atoms with Crippen molar-refractivity contribution in [3.05, 3.63) is 59.1 Å². The van der Waals surface area contributed by atoms with E-state index in [0.29, 0.717) is 16.3 Å². The molecule has 0 saturated heterocycles. The summed E-state index contributed by atoms with van der Waals surface area (Å²) in [4.78, 5) is 37.4. The minimum Gasteiger partial charge on any atom is -0.456 e. The number of rotatable bonds is 8. The predicted octanol–water partition coefficient (Wildman–Crippen LogP) is 2.71. The van der Waals surface area contributed by atoms with Crippen LogP contribution < -0.4 is 15.5 Å². The summed E-state index contributed by atoms with van der Waals surface area (Å²) in [6.45, 7) is -0.284. The average Bonchev–Trinajstić information content (AvgIpc) is 2.67. The van der Waals surface area contributed by atoms with E-state index in [0.717, 1.165) is 5.69 Å². The topological polar surface area (TPSA) is 87.7 Å². The van der Waals surface area contributed by atoms with E-state index in [9.17, 15) is 14.4 Å². The number of nitrogens with one attached hydrogen (secondary N) is 2. The van der Waals surface area contributed by atoms with Gasteiger partial charge in [0.05, 0.1) is 6.42 Å². The summed E-state index contributed by atoms with van der Waals surface area (Å²) in [5.41, 5.74) is 2.06. The van der Waals surface area contributed by atoms with Crippen molar-refractivity contribution in [3.8, 4) is 0 Å². The Bertz CT molecular complexity index is 820. The highest BCUT2D eigenvalue weighted by Crippen LogP contribution is 2.15. The maximum Gasteiger partial charge on any atom is 0.308 e. The van der Waals surface area contributed by atoms with Gasteiger partial charge in [-0.2, -0.15) is 0 Å². The fourth-order valence-electron chi connectivity index (χ4n) is 2.24. The monoisotopic (exact) mass is 403 g/mol. The fourth-order valence-corrected chi connectivity index (χ4v) is 2.37. The van der Waals surface area contributed by atoms with Gasteiger partial charge in [0.25, 0.3) is 11.8 Å². The van der Waals surface area contributed by atoms with Gasteiger partial charge in [0, 0.05) is 42.6 Å². The van der Waals surface area contributed by atoms with Crippen LogP contribution in [0.2, 0.25) is 5.02 Å². The number of halogens is 1. The van der Waals surface area contributed by atoms with Gasteiger partial charge in [-0.05, 0) is 48.5 Å². The van der Waals surface area contributed by atoms with Crippen LogP contribution in [-0.2, 0) is 14.3 Å². The van der Waals surface area contributed by atoms with Crippen molar-refractivity contribution in [1.82, 2.24) is 5.32 Å². The van der Waals surface area contributed by atoms with E-state index in [-0.39, 0.29) is 25.5 Å². The molecule has 0 aliphatic heterocycles. The number of ether oxygens (including phenoxy) is 1. The lowest BCUT2D eigenvalue weighted by Crippen LogP contribution is -2.27. The molecule has 148 valence electrons. The van der Waals surface area contributed by atoms with Gasteiger partial charge in [0.1, 0.15) is 0 Å². The molecule has 28 heavy (non-hydrogen) atoms. The molecule has 0 aromatic heterocycles. The van der Waals surface area contributed by atoms with E-state index in [1.165, 1.54) is 0 Å². The number of hydrogen-bond donors (Lipinski definition) is 2. The highest BCUT2D eigenvalue weighted by molar-refractivity contribution is 6.30. The number of hydrogen-bond acceptors (Lipinski definition) is 5. The fraction of sp³-hybridized carbons (Fsp3) is 0.250. The van der Waals surface area contributed by atoms with E-state index in [1.54, 1.807) is 36.4 Å². The number of carbonyl (C=O) groups is 3. The van der Waals surface area contributed by atoms with Gasteiger partial charge in [0.2, 0.25) is 0 Å². The van der Waals surface area contributed by atoms with Crippen molar-refractivity contribution in [3.63, 3.8) is 0 Å². The molecular weight excluding hydrogens is 382 g/mol. The molecule has 2 N–H and O–H groups in total. The first-order chi connectivity index (χ1) is 13.3. The van der Waals surface area contributed by atoms with E-state index in [2.05, 4.69) is 10.6 Å². The number of anilines is 2. The highest BCUT2D eigenvalue weighted by atomic mass is 35.5. The van der Waals surface area contributed by atoms with Crippen LogP contribution >= 0.6 is 11.6 Å². The predicted molar refractivity (Wildman–Crippen MR) is 109 cm³/mol. The molecule has 0 heterocycles. The van der Waals surface area contributed by atoms with Gasteiger partial charge >= 0.3 is 5.97 Å². The lowest BCUT2D eigenvalue weighted by atomic mass is 10.2. The Morgan fingerprint density at radius 1 is 1.00 bits per heavy atom. The van der Waals surface area contributed by atoms with Crippen molar-refractivity contribution in [1.29, 1.82) is 0 Å². The molecule has 8 heteroatoms. The summed E-state index contributed by atoms with van der Waals surface area (Å²) in [6.07, 6.45) is -0.0376. The standard InChI is InChI=1S/C20H22ClN3O4/c1-24(2)17-9-7-16(8-10-17)23-18(25)13-28-19(26)11-12-22-20(27)14-3-5-15(21)6-4-14/h3-10H,11-13H2,1-2H3,(H,22,27)(H,23,25). The van der Waals surface area contributed by atoms with Gasteiger partial charge in [-0.25, -0.2) is 0 Å². The molecular formula is C20H22ClN3O4. The zero-order valence-electron chi connectivity index (χ0n) is 15.7. The Balaban J connectivity index is 1.66. The molecule has 7 nitrogen and oxygen atoms in total. The maximum atomic E-state index is 11.9. The number of esters is 1. The second-order valence-corrected chi connectivity index (χ2v) is 6.60. The Morgan fingerprint density at radius 2 is 1.64 bits per heavy atom. The number of carbonyl (C=O) groups excluding carboxylic acids is 3. The molecule has 2 amide bonds. The molecule has 0 bridgehead atoms. The molecule has 0 radical (unpaired) electrons. The van der Waals surface area contributed by atoms with Crippen molar-refractivity contribution < 1.29 is 19.1 Å². The molecule has 0 fully saturated rings. The second-order valence-electron chi connectivity index (χ2n) is 6.16. The normalized spacial score (nSPS) is 10.1. The van der Waals surface area contributed by atoms with Gasteiger partial charge < -0.3 is 20.3 Å². The van der Waals surface area contributed by atoms with Crippen molar-refractivity contribution in [2.75, 3.05) is 37.5 Å². The Morgan fingerprint density at radius 3 is 2.25 bits per heavy atom. The highest BCUT2D eigenvalue weighted by Gasteiger charge is 2.10. The molecule has 2 aromatic rings. The summed E-state index contributed by atoms with van der Waals surface area (Å²) in [5.74, 6) is -1.32. The first-order valence-electron chi connectivity index (χ1n) is 8.62. The minimum atomic E-state index is -0.575. The summed E-state index contributed by atoms with van der Waals surface area (Å²) >= 11 is 5.77. The third-order valence-corrected chi connectivity index (χ3v) is 4.00. The first-order valence-corrected chi connectivity index (χ1v) is 8.99. The SMILES string of the molecule is CN(C)c1ccc(NC(=O)COC(=O)CCNC(=O)c2ccc(Cl)cc2)cc1. The lowest BCUT2D eigenvalue weighted by Gasteiger charge is -2.13. The third-order valence-electron chi connectivity index (χ3n) is 3.75. The molecule has 0 aliphatic carbocycles. The molecule has 2 aromatic carbocycles. The number of amides is 2. The zero-order chi connectivity index (χ0) is 20.5. The quantitative estimate of drug-likeness (QED) is 0.662. The van der Waals surface area contributed by atoms with Crippen LogP contribution in [0.4, 0.5) is 11.4 Å². The maximum absolute atomic E-state index is 11.9. The molecule has 0 saturated carbocycles. The molecule has 0 aliphatic rings. The average molecular weight is 404 g/mol. The van der Waals surface area contributed by atoms with Gasteiger partial charge in [-0.1, -0.05) is 11.6 Å². The van der Waals surface area contributed by atoms with E-state index in [4.69, 9.17) is 16.3 Å². The number of benzene rings is 2. The summed E-state index contributed by atoms with van der Waals surface area (Å²) < 4.78 is 4.91. The van der Waals surface area contributed by atoms with Crippen molar-refractivity contribution in [2.45, 2.75) is 6.42 Å². The molecule has 2 rings (SSSR count). The minimum absolute atomic E-state index is 0.0376.